The zero-order valence-electron chi connectivity index (χ0n) is 25.0. The maximum Gasteiger partial charge on any atom is 0.250 e. The minimum atomic E-state index is -0.821. The lowest BCUT2D eigenvalue weighted by atomic mass is 9.83. The predicted molar refractivity (Wildman–Crippen MR) is 172 cm³/mol. The maximum atomic E-state index is 14.2. The third-order valence-corrected chi connectivity index (χ3v) is 9.01. The molecule has 2 aliphatic heterocycles. The lowest BCUT2D eigenvalue weighted by Gasteiger charge is -2.44. The summed E-state index contributed by atoms with van der Waals surface area (Å²) in [5, 5.41) is 3.05. The summed E-state index contributed by atoms with van der Waals surface area (Å²) in [6, 6.07) is 39.3. The Hall–Kier alpha value is -4.91. The van der Waals surface area contributed by atoms with Crippen LogP contribution in [0.2, 0.25) is 0 Å². The standard InChI is InChI=1S/C37H38N4O3/c1-28(29-14-6-2-7-15-29)38-33(42)26-40-27-41(32-20-12-5-13-21-32)37(36(40)44)22-24-39(25-23-37)35(43)34(30-16-8-3-9-17-30)31-18-10-4-11-19-31/h2-21,28,34H,22-27H2,1H3,(H,38,42). The highest BCUT2D eigenvalue weighted by molar-refractivity contribution is 5.96. The first kappa shape index (κ1) is 29.2. The van der Waals surface area contributed by atoms with Gasteiger partial charge in [-0.15, -0.1) is 0 Å². The third kappa shape index (κ3) is 5.82. The average molecular weight is 587 g/mol. The molecule has 0 radical (unpaired) electrons. The molecule has 7 nitrogen and oxygen atoms in total. The molecule has 7 heteroatoms. The predicted octanol–water partition coefficient (Wildman–Crippen LogP) is 5.36. The minimum Gasteiger partial charge on any atom is -0.348 e. The molecular weight excluding hydrogens is 548 g/mol. The summed E-state index contributed by atoms with van der Waals surface area (Å²) < 4.78 is 0. The number of nitrogens with zero attached hydrogens (tertiary/aromatic N) is 3. The number of likely N-dealkylation sites (tertiary alicyclic amines) is 1. The summed E-state index contributed by atoms with van der Waals surface area (Å²) in [4.78, 5) is 47.2. The number of carbonyl (C=O) groups excluding carboxylic acids is 3. The van der Waals surface area contributed by atoms with Crippen LogP contribution in [-0.4, -0.2) is 59.4 Å². The minimum absolute atomic E-state index is 0.0200. The molecule has 0 saturated carbocycles. The maximum absolute atomic E-state index is 14.2. The van der Waals surface area contributed by atoms with E-state index in [-0.39, 0.29) is 30.3 Å². The van der Waals surface area contributed by atoms with Crippen molar-refractivity contribution in [3.05, 3.63) is 138 Å². The Morgan fingerprint density at radius 3 is 1.73 bits per heavy atom. The van der Waals surface area contributed by atoms with Crippen molar-refractivity contribution < 1.29 is 14.4 Å². The zero-order chi connectivity index (χ0) is 30.5. The van der Waals surface area contributed by atoms with Crippen LogP contribution in [0.5, 0.6) is 0 Å². The van der Waals surface area contributed by atoms with Gasteiger partial charge >= 0.3 is 0 Å². The number of nitrogens with one attached hydrogen (secondary N) is 1. The van der Waals surface area contributed by atoms with Crippen LogP contribution in [0.1, 0.15) is 48.4 Å². The molecule has 0 bridgehead atoms. The summed E-state index contributed by atoms with van der Waals surface area (Å²) >= 11 is 0. The number of para-hydroxylation sites is 1. The molecule has 4 aromatic carbocycles. The molecule has 44 heavy (non-hydrogen) atoms. The lowest BCUT2D eigenvalue weighted by Crippen LogP contribution is -2.58. The van der Waals surface area contributed by atoms with Crippen molar-refractivity contribution >= 4 is 23.4 Å². The van der Waals surface area contributed by atoms with Crippen LogP contribution in [0.4, 0.5) is 5.69 Å². The van der Waals surface area contributed by atoms with E-state index in [2.05, 4.69) is 10.2 Å². The van der Waals surface area contributed by atoms with E-state index in [0.29, 0.717) is 32.6 Å². The molecule has 224 valence electrons. The number of hydrogen-bond acceptors (Lipinski definition) is 4. The number of hydrogen-bond donors (Lipinski definition) is 1. The number of anilines is 1. The average Bonchev–Trinajstić information content (AvgIpc) is 3.33. The van der Waals surface area contributed by atoms with Crippen molar-refractivity contribution in [3.63, 3.8) is 0 Å². The van der Waals surface area contributed by atoms with Gasteiger partial charge in [0.1, 0.15) is 12.1 Å². The first-order valence-electron chi connectivity index (χ1n) is 15.3. The van der Waals surface area contributed by atoms with Crippen LogP contribution in [0.3, 0.4) is 0 Å². The fourth-order valence-corrected chi connectivity index (χ4v) is 6.66. The van der Waals surface area contributed by atoms with Gasteiger partial charge < -0.3 is 20.0 Å². The second-order valence-electron chi connectivity index (χ2n) is 11.7. The van der Waals surface area contributed by atoms with Gasteiger partial charge in [0, 0.05) is 18.8 Å². The molecule has 0 aromatic heterocycles. The van der Waals surface area contributed by atoms with E-state index in [4.69, 9.17) is 0 Å². The van der Waals surface area contributed by atoms with Gasteiger partial charge in [-0.2, -0.15) is 0 Å². The van der Waals surface area contributed by atoms with Crippen molar-refractivity contribution in [2.75, 3.05) is 31.2 Å². The quantitative estimate of drug-likeness (QED) is 0.302. The first-order chi connectivity index (χ1) is 21.5. The van der Waals surface area contributed by atoms with Crippen molar-refractivity contribution in [2.45, 2.75) is 37.3 Å². The second kappa shape index (κ2) is 12.8. The number of benzene rings is 4. The summed E-state index contributed by atoms with van der Waals surface area (Å²) in [5.41, 5.74) is 3.03. The van der Waals surface area contributed by atoms with E-state index >= 15 is 0 Å². The van der Waals surface area contributed by atoms with E-state index < -0.39 is 11.5 Å². The Kier molecular flexibility index (Phi) is 8.46. The smallest absolute Gasteiger partial charge is 0.250 e. The molecule has 1 spiro atoms. The first-order valence-corrected chi connectivity index (χ1v) is 15.3. The molecule has 1 atom stereocenters. The topological polar surface area (TPSA) is 73.0 Å². The number of piperidine rings is 1. The molecule has 6 rings (SSSR count). The summed E-state index contributed by atoms with van der Waals surface area (Å²) in [7, 11) is 0. The van der Waals surface area contributed by atoms with Gasteiger partial charge in [0.2, 0.25) is 11.8 Å². The Bertz CT molecular complexity index is 1530. The van der Waals surface area contributed by atoms with Gasteiger partial charge in [-0.3, -0.25) is 14.4 Å². The van der Waals surface area contributed by atoms with Crippen LogP contribution in [0.15, 0.2) is 121 Å². The molecule has 2 heterocycles. The van der Waals surface area contributed by atoms with Gasteiger partial charge in [0.25, 0.3) is 5.91 Å². The fraction of sp³-hybridized carbons (Fsp3) is 0.270. The SMILES string of the molecule is CC(NC(=O)CN1CN(c2ccccc2)C2(CCN(C(=O)C(c3ccccc3)c3ccccc3)CC2)C1=O)c1ccccc1. The number of carbonyl (C=O) groups is 3. The highest BCUT2D eigenvalue weighted by atomic mass is 16.2. The van der Waals surface area contributed by atoms with Crippen LogP contribution in [0, 0.1) is 0 Å². The van der Waals surface area contributed by atoms with Gasteiger partial charge in [-0.05, 0) is 48.6 Å². The summed E-state index contributed by atoms with van der Waals surface area (Å²) in [5.74, 6) is -0.623. The number of rotatable bonds is 8. The van der Waals surface area contributed by atoms with Gasteiger partial charge in [0.15, 0.2) is 0 Å². The molecule has 1 N–H and O–H groups in total. The monoisotopic (exact) mass is 586 g/mol. The molecule has 4 aromatic rings. The highest BCUT2D eigenvalue weighted by Crippen LogP contribution is 2.40. The normalized spacial score (nSPS) is 16.8. The lowest BCUT2D eigenvalue weighted by molar-refractivity contribution is -0.140. The van der Waals surface area contributed by atoms with E-state index in [9.17, 15) is 14.4 Å². The second-order valence-corrected chi connectivity index (χ2v) is 11.7. The molecule has 2 fully saturated rings. The Morgan fingerprint density at radius 1 is 0.727 bits per heavy atom. The molecule has 2 saturated heterocycles. The van der Waals surface area contributed by atoms with Crippen LogP contribution in [-0.2, 0) is 14.4 Å². The molecule has 3 amide bonds. The van der Waals surface area contributed by atoms with Crippen molar-refractivity contribution in [1.29, 1.82) is 0 Å². The fourth-order valence-electron chi connectivity index (χ4n) is 6.66. The Labute approximate surface area is 259 Å². The van der Waals surface area contributed by atoms with Crippen LogP contribution >= 0.6 is 0 Å². The third-order valence-electron chi connectivity index (χ3n) is 9.01. The summed E-state index contributed by atoms with van der Waals surface area (Å²) in [6.07, 6.45) is 0.975. The molecule has 2 aliphatic rings. The van der Waals surface area contributed by atoms with E-state index in [1.165, 1.54) is 0 Å². The highest BCUT2D eigenvalue weighted by Gasteiger charge is 2.54. The van der Waals surface area contributed by atoms with Gasteiger partial charge in [0.05, 0.1) is 18.6 Å². The van der Waals surface area contributed by atoms with Gasteiger partial charge in [-0.25, -0.2) is 0 Å². The summed E-state index contributed by atoms with van der Waals surface area (Å²) in [6.45, 7) is 3.15. The molecular formula is C37H38N4O3. The van der Waals surface area contributed by atoms with Crippen LogP contribution in [0.25, 0.3) is 0 Å². The van der Waals surface area contributed by atoms with Crippen molar-refractivity contribution in [3.8, 4) is 0 Å². The van der Waals surface area contributed by atoms with E-state index in [1.807, 2.05) is 133 Å². The van der Waals surface area contributed by atoms with E-state index in [0.717, 1.165) is 22.4 Å². The van der Waals surface area contributed by atoms with E-state index in [1.54, 1.807) is 4.90 Å². The number of amides is 3. The zero-order valence-corrected chi connectivity index (χ0v) is 25.0. The van der Waals surface area contributed by atoms with Crippen LogP contribution < -0.4 is 10.2 Å². The Morgan fingerprint density at radius 2 is 1.20 bits per heavy atom. The van der Waals surface area contributed by atoms with Crippen molar-refractivity contribution in [2.24, 2.45) is 0 Å². The molecule has 1 unspecified atom stereocenters. The largest absolute Gasteiger partial charge is 0.348 e. The Balaban J connectivity index is 1.21. The van der Waals surface area contributed by atoms with Gasteiger partial charge in [-0.1, -0.05) is 109 Å². The van der Waals surface area contributed by atoms with Crippen molar-refractivity contribution in [1.82, 2.24) is 15.1 Å². The molecule has 0 aliphatic carbocycles.